The maximum absolute atomic E-state index is 11.2. The topological polar surface area (TPSA) is 23.5 Å². The van der Waals surface area contributed by atoms with Gasteiger partial charge in [-0.1, -0.05) is 61.9 Å². The minimum absolute atomic E-state index is 0.156. The first kappa shape index (κ1) is 14.9. The van der Waals surface area contributed by atoms with Gasteiger partial charge in [-0.2, -0.15) is 0 Å². The molecule has 0 aromatic heterocycles. The van der Waals surface area contributed by atoms with Crippen molar-refractivity contribution in [3.63, 3.8) is 0 Å². The molecule has 0 saturated carbocycles. The lowest BCUT2D eigenvalue weighted by molar-refractivity contribution is 0.0675. The summed E-state index contributed by atoms with van der Waals surface area (Å²) in [5, 5.41) is 11.2. The van der Waals surface area contributed by atoms with Gasteiger partial charge >= 0.3 is 0 Å². The molecule has 0 unspecified atom stereocenters. The van der Waals surface area contributed by atoms with Gasteiger partial charge in [0.1, 0.15) is 0 Å². The zero-order valence-electron chi connectivity index (χ0n) is 13.9. The number of nitrogens with zero attached hydrogens (tertiary/aromatic N) is 1. The lowest BCUT2D eigenvalue weighted by Gasteiger charge is -2.44. The molecule has 0 amide bonds. The molecule has 1 aliphatic carbocycles. The summed E-state index contributed by atoms with van der Waals surface area (Å²) in [6, 6.07) is 17.8. The van der Waals surface area contributed by atoms with Crippen molar-refractivity contribution < 1.29 is 5.11 Å². The number of hydrogen-bond donors (Lipinski definition) is 1. The van der Waals surface area contributed by atoms with E-state index in [4.69, 9.17) is 0 Å². The molecule has 120 valence electrons. The lowest BCUT2D eigenvalue weighted by atomic mass is 9.79. The van der Waals surface area contributed by atoms with Crippen LogP contribution in [0.25, 0.3) is 0 Å². The summed E-state index contributed by atoms with van der Waals surface area (Å²) in [5.74, 6) is 0.156. The molecule has 0 spiro atoms. The average Bonchev–Trinajstić information content (AvgIpc) is 2.74. The van der Waals surface area contributed by atoms with E-state index < -0.39 is 6.10 Å². The molecule has 0 fully saturated rings. The van der Waals surface area contributed by atoms with E-state index in [1.807, 2.05) is 0 Å². The maximum atomic E-state index is 11.2. The van der Waals surface area contributed by atoms with E-state index in [2.05, 4.69) is 67.3 Å². The highest BCUT2D eigenvalue weighted by atomic mass is 16.3. The Morgan fingerprint density at radius 2 is 1.48 bits per heavy atom. The van der Waals surface area contributed by atoms with E-state index in [0.717, 1.165) is 12.1 Å². The summed E-state index contributed by atoms with van der Waals surface area (Å²) < 4.78 is 0. The Morgan fingerprint density at radius 1 is 0.913 bits per heavy atom. The Morgan fingerprint density at radius 3 is 2.13 bits per heavy atom. The normalized spacial score (nSPS) is 29.0. The lowest BCUT2D eigenvalue weighted by Crippen LogP contribution is -2.45. The first-order valence-electron chi connectivity index (χ1n) is 8.85. The molecule has 4 atom stereocenters. The van der Waals surface area contributed by atoms with Gasteiger partial charge in [-0.05, 0) is 42.1 Å². The van der Waals surface area contributed by atoms with Gasteiger partial charge in [0.05, 0.1) is 12.1 Å². The number of hydrogen-bond acceptors (Lipinski definition) is 2. The van der Waals surface area contributed by atoms with Crippen LogP contribution in [-0.4, -0.2) is 22.6 Å². The predicted molar refractivity (Wildman–Crippen MR) is 93.5 cm³/mol. The molecule has 2 nitrogen and oxygen atoms in total. The van der Waals surface area contributed by atoms with Crippen LogP contribution in [0.1, 0.15) is 67.0 Å². The second-order valence-electron chi connectivity index (χ2n) is 6.96. The molecular weight excluding hydrogens is 282 g/mol. The zero-order chi connectivity index (χ0) is 16.0. The number of rotatable bonds is 3. The van der Waals surface area contributed by atoms with Gasteiger partial charge in [0, 0.05) is 12.0 Å². The Hall–Kier alpha value is -1.64. The summed E-state index contributed by atoms with van der Waals surface area (Å²) in [6.45, 7) is 5.63. The highest BCUT2D eigenvalue weighted by Gasteiger charge is 2.46. The molecule has 2 bridgehead atoms. The van der Waals surface area contributed by atoms with Crippen molar-refractivity contribution in [1.29, 1.82) is 0 Å². The fourth-order valence-electron chi connectivity index (χ4n) is 4.62. The molecule has 2 aromatic carbocycles. The smallest absolute Gasteiger partial charge is 0.0876 e. The van der Waals surface area contributed by atoms with E-state index in [1.165, 1.54) is 29.5 Å². The highest BCUT2D eigenvalue weighted by molar-refractivity contribution is 5.50. The van der Waals surface area contributed by atoms with Gasteiger partial charge < -0.3 is 5.11 Å². The first-order valence-corrected chi connectivity index (χ1v) is 8.85. The first-order chi connectivity index (χ1) is 11.2. The molecule has 2 aromatic rings. The number of aliphatic hydroxyl groups excluding tert-OH is 1. The number of unbranched alkanes of at least 4 members (excludes halogenated alkanes) is 1. The average molecular weight is 307 g/mol. The summed E-state index contributed by atoms with van der Waals surface area (Å²) in [4.78, 5) is 2.62. The minimum atomic E-state index is -0.418. The van der Waals surface area contributed by atoms with Crippen LogP contribution in [0.3, 0.4) is 0 Å². The molecule has 23 heavy (non-hydrogen) atoms. The Bertz CT molecular complexity index is 710. The molecular formula is C21H25NO. The Balaban J connectivity index is 1.95. The number of benzene rings is 2. The van der Waals surface area contributed by atoms with Crippen LogP contribution in [-0.2, 0) is 0 Å². The fourth-order valence-corrected chi connectivity index (χ4v) is 4.62. The van der Waals surface area contributed by atoms with Crippen LogP contribution in [0.2, 0.25) is 0 Å². The Kier molecular flexibility index (Phi) is 3.74. The minimum Gasteiger partial charge on any atom is -0.388 e. The molecule has 1 N–H and O–H groups in total. The van der Waals surface area contributed by atoms with Crippen LogP contribution < -0.4 is 0 Å². The van der Waals surface area contributed by atoms with Crippen molar-refractivity contribution >= 4 is 0 Å². The van der Waals surface area contributed by atoms with Gasteiger partial charge in [-0.3, -0.25) is 4.90 Å². The number of aliphatic hydroxyl groups is 1. The van der Waals surface area contributed by atoms with Crippen molar-refractivity contribution in [2.45, 2.75) is 50.8 Å². The molecule has 3 aliphatic rings. The van der Waals surface area contributed by atoms with Crippen molar-refractivity contribution in [2.24, 2.45) is 0 Å². The maximum Gasteiger partial charge on any atom is 0.0876 e. The van der Waals surface area contributed by atoms with E-state index in [0.29, 0.717) is 6.04 Å². The molecule has 2 heterocycles. The predicted octanol–water partition coefficient (Wildman–Crippen LogP) is 4.41. The third-order valence-electron chi connectivity index (χ3n) is 5.74. The standard InChI is InChI=1S/C21H25NO/c1-3-4-13-22-14(2)19-15-9-5-6-10-16(15)20(22)17-11-7-8-12-18(17)21(19)23/h5-12,14,19-21,23H,3-4,13H2,1-2H3/t14-,19-,20+,21+/m1/s1. The molecule has 2 aliphatic heterocycles. The van der Waals surface area contributed by atoms with Gasteiger partial charge in [-0.25, -0.2) is 0 Å². The summed E-state index contributed by atoms with van der Waals surface area (Å²) in [5.41, 5.74) is 5.12. The number of fused-ring (bicyclic) bond motifs is 1. The monoisotopic (exact) mass is 307 g/mol. The highest BCUT2D eigenvalue weighted by Crippen LogP contribution is 2.53. The van der Waals surface area contributed by atoms with Crippen molar-refractivity contribution in [2.75, 3.05) is 6.54 Å². The van der Waals surface area contributed by atoms with Gasteiger partial charge in [0.2, 0.25) is 0 Å². The van der Waals surface area contributed by atoms with Gasteiger partial charge in [-0.15, -0.1) is 0 Å². The van der Waals surface area contributed by atoms with E-state index in [9.17, 15) is 5.11 Å². The molecule has 2 heteroatoms. The largest absolute Gasteiger partial charge is 0.388 e. The fraction of sp³-hybridized carbons (Fsp3) is 0.429. The molecule has 0 saturated heterocycles. The van der Waals surface area contributed by atoms with Crippen molar-refractivity contribution in [1.82, 2.24) is 4.90 Å². The quantitative estimate of drug-likeness (QED) is 0.908. The molecule has 0 radical (unpaired) electrons. The van der Waals surface area contributed by atoms with Gasteiger partial charge in [0.15, 0.2) is 0 Å². The van der Waals surface area contributed by atoms with Crippen LogP contribution in [0.5, 0.6) is 0 Å². The van der Waals surface area contributed by atoms with Crippen LogP contribution in [0, 0.1) is 0 Å². The zero-order valence-corrected chi connectivity index (χ0v) is 13.9. The van der Waals surface area contributed by atoms with Crippen molar-refractivity contribution in [3.8, 4) is 0 Å². The third kappa shape index (κ3) is 2.16. The van der Waals surface area contributed by atoms with E-state index in [1.54, 1.807) is 0 Å². The third-order valence-corrected chi connectivity index (χ3v) is 5.74. The van der Waals surface area contributed by atoms with Crippen molar-refractivity contribution in [3.05, 3.63) is 70.8 Å². The van der Waals surface area contributed by atoms with Crippen LogP contribution in [0.4, 0.5) is 0 Å². The second-order valence-corrected chi connectivity index (χ2v) is 6.96. The summed E-state index contributed by atoms with van der Waals surface area (Å²) in [6.07, 6.45) is 1.99. The second kappa shape index (κ2) is 5.77. The SMILES string of the molecule is CCCCN1[C@H]2c3ccccc3[C@@H]([C@H]1C)[C@@H](O)c1ccccc12. The van der Waals surface area contributed by atoms with Gasteiger partial charge in [0.25, 0.3) is 0 Å². The van der Waals surface area contributed by atoms with E-state index >= 15 is 0 Å². The summed E-state index contributed by atoms with van der Waals surface area (Å²) in [7, 11) is 0. The van der Waals surface area contributed by atoms with Crippen LogP contribution in [0.15, 0.2) is 48.5 Å². The van der Waals surface area contributed by atoms with E-state index in [-0.39, 0.29) is 12.0 Å². The molecule has 5 rings (SSSR count). The summed E-state index contributed by atoms with van der Waals surface area (Å²) >= 11 is 0. The van der Waals surface area contributed by atoms with Crippen LogP contribution >= 0.6 is 0 Å². The Labute approximate surface area is 138 Å².